The number of nitrogens with one attached hydrogen (secondary N) is 1. The Bertz CT molecular complexity index is 992. The van der Waals surface area contributed by atoms with Gasteiger partial charge in [0, 0.05) is 25.6 Å². The number of unbranched alkanes of at least 4 members (excludes halogenated alkanes) is 22. The minimum absolute atomic E-state index is 0.0753. The number of allylic oxidation sites excluding steroid dienone is 4. The van der Waals surface area contributed by atoms with Crippen LogP contribution in [0.25, 0.3) is 0 Å². The molecule has 1 unspecified atom stereocenters. The highest BCUT2D eigenvalue weighted by atomic mass is 16.1. The number of Topliss-reactive ketones (excluding diaryl/α,β-unsaturated/α-hetero) is 1. The summed E-state index contributed by atoms with van der Waals surface area (Å²) in [6.45, 7) is 8.51. The maximum absolute atomic E-state index is 13.0. The summed E-state index contributed by atoms with van der Waals surface area (Å²) in [5, 5.41) is 3.13. The van der Waals surface area contributed by atoms with Crippen LogP contribution >= 0.6 is 0 Å². The molecule has 48 heavy (non-hydrogen) atoms. The number of carbonyl (C=O) groups is 2. The van der Waals surface area contributed by atoms with Crippen LogP contribution in [0.1, 0.15) is 229 Å². The SMILES string of the molecule is CCCCCCCC/C=C\CCCCCCCC(=O)NC(C)c1nc(C(=O)CCCCCCC/C=C\CCCCCCCC)n(C)c1C. The molecule has 5 heteroatoms. The third-order valence-electron chi connectivity index (χ3n) is 9.79. The van der Waals surface area contributed by atoms with Crippen LogP contribution in [-0.4, -0.2) is 21.2 Å². The Hall–Kier alpha value is -2.17. The average Bonchev–Trinajstić information content (AvgIpc) is 3.38. The number of imidazole rings is 1. The zero-order chi connectivity index (χ0) is 35.1. The van der Waals surface area contributed by atoms with Crippen molar-refractivity contribution >= 4 is 11.7 Å². The van der Waals surface area contributed by atoms with Crippen molar-refractivity contribution in [2.75, 3.05) is 0 Å². The lowest BCUT2D eigenvalue weighted by Gasteiger charge is -2.13. The quantitative estimate of drug-likeness (QED) is 0.0461. The molecule has 0 aliphatic heterocycles. The van der Waals surface area contributed by atoms with Gasteiger partial charge < -0.3 is 9.88 Å². The van der Waals surface area contributed by atoms with Crippen molar-refractivity contribution in [3.05, 3.63) is 41.5 Å². The first-order valence-electron chi connectivity index (χ1n) is 20.6. The maximum atomic E-state index is 13.0. The van der Waals surface area contributed by atoms with E-state index in [0.717, 1.165) is 37.1 Å². The smallest absolute Gasteiger partial charge is 0.220 e. The van der Waals surface area contributed by atoms with E-state index in [1.807, 2.05) is 25.5 Å². The van der Waals surface area contributed by atoms with E-state index in [1.165, 1.54) is 141 Å². The molecule has 0 radical (unpaired) electrons. The normalized spacial score (nSPS) is 12.4. The van der Waals surface area contributed by atoms with Crippen molar-refractivity contribution in [3.63, 3.8) is 0 Å². The van der Waals surface area contributed by atoms with Crippen LogP contribution in [-0.2, 0) is 11.8 Å². The zero-order valence-electron chi connectivity index (χ0n) is 32.4. The molecule has 0 aromatic carbocycles. The molecule has 0 saturated carbocycles. The summed E-state index contributed by atoms with van der Waals surface area (Å²) in [4.78, 5) is 30.3. The van der Waals surface area contributed by atoms with Crippen molar-refractivity contribution in [3.8, 4) is 0 Å². The van der Waals surface area contributed by atoms with Gasteiger partial charge in [0.25, 0.3) is 0 Å². The molecule has 5 nitrogen and oxygen atoms in total. The van der Waals surface area contributed by atoms with Crippen LogP contribution in [0, 0.1) is 6.92 Å². The fourth-order valence-electron chi connectivity index (χ4n) is 6.47. The molecule has 1 rings (SSSR count). The van der Waals surface area contributed by atoms with Gasteiger partial charge in [-0.3, -0.25) is 9.59 Å². The molecule has 1 N–H and O–H groups in total. The minimum Gasteiger partial charge on any atom is -0.348 e. The molecule has 0 fully saturated rings. The summed E-state index contributed by atoms with van der Waals surface area (Å²) >= 11 is 0. The molecule has 0 spiro atoms. The molecule has 1 atom stereocenters. The molecule has 0 bridgehead atoms. The fourth-order valence-corrected chi connectivity index (χ4v) is 6.47. The van der Waals surface area contributed by atoms with Crippen molar-refractivity contribution < 1.29 is 9.59 Å². The number of carbonyl (C=O) groups excluding carboxylic acids is 2. The molecule has 0 saturated heterocycles. The van der Waals surface area contributed by atoms with E-state index >= 15 is 0 Å². The summed E-state index contributed by atoms with van der Waals surface area (Å²) in [5.41, 5.74) is 1.76. The van der Waals surface area contributed by atoms with Crippen LogP contribution in [0.5, 0.6) is 0 Å². The third kappa shape index (κ3) is 22.5. The van der Waals surface area contributed by atoms with Crippen molar-refractivity contribution in [2.24, 2.45) is 7.05 Å². The number of nitrogens with zero attached hydrogens (tertiary/aromatic N) is 2. The van der Waals surface area contributed by atoms with Crippen LogP contribution < -0.4 is 5.32 Å². The molecule has 0 aliphatic rings. The second kappa shape index (κ2) is 30.9. The van der Waals surface area contributed by atoms with Gasteiger partial charge in [0.05, 0.1) is 11.7 Å². The first-order valence-corrected chi connectivity index (χ1v) is 20.6. The van der Waals surface area contributed by atoms with Gasteiger partial charge in [-0.15, -0.1) is 0 Å². The Kier molecular flexibility index (Phi) is 28.2. The summed E-state index contributed by atoms with van der Waals surface area (Å²) in [6, 6.07) is -0.201. The van der Waals surface area contributed by atoms with Crippen LogP contribution in [0.15, 0.2) is 24.3 Å². The lowest BCUT2D eigenvalue weighted by molar-refractivity contribution is -0.121. The van der Waals surface area contributed by atoms with E-state index in [4.69, 9.17) is 4.98 Å². The van der Waals surface area contributed by atoms with Crippen LogP contribution in [0.4, 0.5) is 0 Å². The van der Waals surface area contributed by atoms with E-state index in [-0.39, 0.29) is 17.7 Å². The van der Waals surface area contributed by atoms with E-state index in [9.17, 15) is 9.59 Å². The number of hydrogen-bond donors (Lipinski definition) is 1. The maximum Gasteiger partial charge on any atom is 0.220 e. The lowest BCUT2D eigenvalue weighted by atomic mass is 10.1. The van der Waals surface area contributed by atoms with Gasteiger partial charge in [0.2, 0.25) is 5.91 Å². The Morgan fingerprint density at radius 2 is 0.979 bits per heavy atom. The van der Waals surface area contributed by atoms with Gasteiger partial charge >= 0.3 is 0 Å². The van der Waals surface area contributed by atoms with Gasteiger partial charge in [0.15, 0.2) is 11.6 Å². The van der Waals surface area contributed by atoms with E-state index in [2.05, 4.69) is 43.5 Å². The van der Waals surface area contributed by atoms with E-state index in [1.54, 1.807) is 0 Å². The number of rotatable bonds is 33. The van der Waals surface area contributed by atoms with Gasteiger partial charge in [0.1, 0.15) is 0 Å². The second-order valence-electron chi connectivity index (χ2n) is 14.3. The number of hydrogen-bond acceptors (Lipinski definition) is 3. The first-order chi connectivity index (χ1) is 23.4. The molecule has 1 heterocycles. The first kappa shape index (κ1) is 43.9. The summed E-state index contributed by atoms with van der Waals surface area (Å²) in [6.07, 6.45) is 43.1. The third-order valence-corrected chi connectivity index (χ3v) is 9.79. The summed E-state index contributed by atoms with van der Waals surface area (Å²) in [5.74, 6) is 0.707. The largest absolute Gasteiger partial charge is 0.348 e. The molecular formula is C43H77N3O2. The number of amides is 1. The predicted molar refractivity (Wildman–Crippen MR) is 208 cm³/mol. The monoisotopic (exact) mass is 668 g/mol. The van der Waals surface area contributed by atoms with Gasteiger partial charge in [-0.05, 0) is 78.1 Å². The lowest BCUT2D eigenvalue weighted by Crippen LogP contribution is -2.27. The second-order valence-corrected chi connectivity index (χ2v) is 14.3. The van der Waals surface area contributed by atoms with Crippen molar-refractivity contribution in [1.29, 1.82) is 0 Å². The Balaban J connectivity index is 2.15. The Morgan fingerprint density at radius 1 is 0.604 bits per heavy atom. The summed E-state index contributed by atoms with van der Waals surface area (Å²) < 4.78 is 1.90. The van der Waals surface area contributed by atoms with Crippen LogP contribution in [0.3, 0.4) is 0 Å². The zero-order valence-corrected chi connectivity index (χ0v) is 32.4. The molecule has 276 valence electrons. The Morgan fingerprint density at radius 3 is 1.42 bits per heavy atom. The fraction of sp³-hybridized carbons (Fsp3) is 0.791. The highest BCUT2D eigenvalue weighted by Crippen LogP contribution is 2.20. The molecular weight excluding hydrogens is 590 g/mol. The van der Waals surface area contributed by atoms with Crippen molar-refractivity contribution in [2.45, 2.75) is 214 Å². The average molecular weight is 668 g/mol. The van der Waals surface area contributed by atoms with Gasteiger partial charge in [-0.1, -0.05) is 141 Å². The molecule has 1 amide bonds. The van der Waals surface area contributed by atoms with Gasteiger partial charge in [-0.25, -0.2) is 4.98 Å². The summed E-state index contributed by atoms with van der Waals surface area (Å²) in [7, 11) is 1.92. The number of aromatic nitrogens is 2. The van der Waals surface area contributed by atoms with Crippen molar-refractivity contribution in [1.82, 2.24) is 14.9 Å². The molecule has 1 aromatic rings. The minimum atomic E-state index is -0.201. The predicted octanol–water partition coefficient (Wildman–Crippen LogP) is 13.2. The standard InChI is InChI=1S/C43H77N3O2/c1-6-8-10-12-14-16-18-20-22-24-26-28-30-32-34-36-40(47)43-45-42(39(4)46(43)5)38(3)44-41(48)37-35-33-31-29-27-25-23-21-19-17-15-13-11-9-7-2/h20-23,38H,6-19,24-37H2,1-5H3,(H,44,48)/b22-20-,23-21-. The molecule has 0 aliphatic carbocycles. The Labute approximate surface area is 297 Å². The van der Waals surface area contributed by atoms with E-state index < -0.39 is 0 Å². The number of ketones is 1. The van der Waals surface area contributed by atoms with Gasteiger partial charge in [-0.2, -0.15) is 0 Å². The van der Waals surface area contributed by atoms with E-state index in [0.29, 0.717) is 18.7 Å². The van der Waals surface area contributed by atoms with Crippen LogP contribution in [0.2, 0.25) is 0 Å². The highest BCUT2D eigenvalue weighted by Gasteiger charge is 2.21. The highest BCUT2D eigenvalue weighted by molar-refractivity contribution is 5.93. The topological polar surface area (TPSA) is 64.0 Å². The molecule has 1 aromatic heterocycles.